The number of carbonyl (C=O) groups is 1. The molecule has 3 nitrogen and oxygen atoms in total. The molecule has 19 heavy (non-hydrogen) atoms. The third-order valence-electron chi connectivity index (χ3n) is 3.63. The number of ketones is 1. The van der Waals surface area contributed by atoms with Gasteiger partial charge in [-0.25, -0.2) is 0 Å². The van der Waals surface area contributed by atoms with Gasteiger partial charge in [0.1, 0.15) is 0 Å². The lowest BCUT2D eigenvalue weighted by atomic mass is 9.84. The van der Waals surface area contributed by atoms with Crippen molar-refractivity contribution >= 4 is 5.78 Å². The molecule has 2 aromatic carbocycles. The summed E-state index contributed by atoms with van der Waals surface area (Å²) in [5.41, 5.74) is 7.93. The molecule has 96 valence electrons. The Morgan fingerprint density at radius 1 is 1.05 bits per heavy atom. The van der Waals surface area contributed by atoms with Gasteiger partial charge < -0.3 is 5.73 Å². The molecular weight excluding hydrogens is 236 g/mol. The van der Waals surface area contributed by atoms with Gasteiger partial charge in [0.05, 0.1) is 0 Å². The van der Waals surface area contributed by atoms with Crippen molar-refractivity contribution in [1.29, 1.82) is 0 Å². The van der Waals surface area contributed by atoms with E-state index in [1.165, 1.54) is 0 Å². The molecule has 1 unspecified atom stereocenters. The number of nitrogens with two attached hydrogens (primary N) is 1. The highest BCUT2D eigenvalue weighted by molar-refractivity contribution is 6.03. The third kappa shape index (κ3) is 1.97. The number of fused-ring (bicyclic) bond motifs is 1. The summed E-state index contributed by atoms with van der Waals surface area (Å²) < 4.78 is 0. The van der Waals surface area contributed by atoms with E-state index in [0.717, 1.165) is 17.5 Å². The van der Waals surface area contributed by atoms with Crippen LogP contribution in [0.25, 0.3) is 0 Å². The molecule has 0 radical (unpaired) electrons. The largest absolute Gasteiger partial charge is 0.303 e. The van der Waals surface area contributed by atoms with E-state index in [2.05, 4.69) is 5.32 Å². The van der Waals surface area contributed by atoms with Gasteiger partial charge >= 0.3 is 0 Å². The minimum Gasteiger partial charge on any atom is -0.303 e. The van der Waals surface area contributed by atoms with Crippen LogP contribution in [-0.2, 0) is 12.1 Å². The molecule has 0 bridgehead atoms. The predicted octanol–water partition coefficient (Wildman–Crippen LogP) is 1.83. The normalized spacial score (nSPS) is 21.7. The molecule has 0 aromatic heterocycles. The lowest BCUT2D eigenvalue weighted by molar-refractivity contribution is 0.0844. The Hall–Kier alpha value is -1.97. The number of hydrogen-bond acceptors (Lipinski definition) is 3. The maximum Gasteiger partial charge on any atom is 0.201 e. The maximum atomic E-state index is 12.7. The Balaban J connectivity index is 2.07. The highest BCUT2D eigenvalue weighted by Gasteiger charge is 2.39. The second-order valence-electron chi connectivity index (χ2n) is 4.84. The quantitative estimate of drug-likeness (QED) is 0.802. The van der Waals surface area contributed by atoms with Crippen LogP contribution in [0.15, 0.2) is 54.6 Å². The van der Waals surface area contributed by atoms with E-state index in [4.69, 9.17) is 5.73 Å². The van der Waals surface area contributed by atoms with Crippen LogP contribution < -0.4 is 11.1 Å². The molecule has 0 fully saturated rings. The number of benzene rings is 2. The summed E-state index contributed by atoms with van der Waals surface area (Å²) in [4.78, 5) is 12.7. The molecule has 1 aliphatic rings. The van der Waals surface area contributed by atoms with Crippen molar-refractivity contribution < 1.29 is 4.79 Å². The Bertz CT molecular complexity index is 609. The molecule has 3 heteroatoms. The summed E-state index contributed by atoms with van der Waals surface area (Å²) in [5.74, 6) is -0.0831. The smallest absolute Gasteiger partial charge is 0.201 e. The molecule has 0 amide bonds. The van der Waals surface area contributed by atoms with Gasteiger partial charge in [0, 0.05) is 12.1 Å². The van der Waals surface area contributed by atoms with E-state index in [9.17, 15) is 4.79 Å². The maximum absolute atomic E-state index is 12.7. The van der Waals surface area contributed by atoms with Crippen molar-refractivity contribution in [1.82, 2.24) is 5.32 Å². The molecule has 0 saturated heterocycles. The van der Waals surface area contributed by atoms with Gasteiger partial charge in [0.15, 0.2) is 5.66 Å². The second kappa shape index (κ2) is 4.61. The summed E-state index contributed by atoms with van der Waals surface area (Å²) in [6.07, 6.45) is 0.900. The van der Waals surface area contributed by atoms with E-state index in [0.29, 0.717) is 12.1 Å². The molecule has 1 atom stereocenters. The summed E-state index contributed by atoms with van der Waals surface area (Å²) >= 11 is 0. The lowest BCUT2D eigenvalue weighted by Gasteiger charge is -2.35. The van der Waals surface area contributed by atoms with Crippen LogP contribution in [0.4, 0.5) is 0 Å². The highest BCUT2D eigenvalue weighted by Crippen LogP contribution is 2.27. The van der Waals surface area contributed by atoms with E-state index >= 15 is 0 Å². The van der Waals surface area contributed by atoms with E-state index in [-0.39, 0.29) is 5.78 Å². The van der Waals surface area contributed by atoms with Crippen LogP contribution in [0.1, 0.15) is 21.5 Å². The third-order valence-corrected chi connectivity index (χ3v) is 3.63. The first-order valence-electron chi connectivity index (χ1n) is 6.44. The fraction of sp³-hybridized carbons (Fsp3) is 0.188. The fourth-order valence-corrected chi connectivity index (χ4v) is 2.63. The number of hydrogen-bond donors (Lipinski definition) is 2. The zero-order valence-electron chi connectivity index (χ0n) is 10.6. The number of nitrogens with one attached hydrogen (secondary N) is 1. The van der Waals surface area contributed by atoms with Crippen LogP contribution in [0.2, 0.25) is 0 Å². The number of carbonyl (C=O) groups excluding carboxylic acids is 1. The Kier molecular flexibility index (Phi) is 2.93. The van der Waals surface area contributed by atoms with Crippen molar-refractivity contribution in [2.45, 2.75) is 12.1 Å². The Labute approximate surface area is 112 Å². The lowest BCUT2D eigenvalue weighted by Crippen LogP contribution is -2.59. The zero-order chi connectivity index (χ0) is 13.3. The summed E-state index contributed by atoms with van der Waals surface area (Å²) in [5, 5.41) is 3.18. The van der Waals surface area contributed by atoms with Crippen LogP contribution in [-0.4, -0.2) is 12.3 Å². The minimum atomic E-state index is -1.11. The van der Waals surface area contributed by atoms with Crippen molar-refractivity contribution in [3.05, 3.63) is 71.3 Å². The highest BCUT2D eigenvalue weighted by atomic mass is 16.1. The van der Waals surface area contributed by atoms with Gasteiger partial charge in [-0.05, 0) is 17.5 Å². The van der Waals surface area contributed by atoms with Crippen molar-refractivity contribution in [2.75, 3.05) is 6.54 Å². The van der Waals surface area contributed by atoms with E-state index in [1.807, 2.05) is 42.5 Å². The Morgan fingerprint density at radius 2 is 1.74 bits per heavy atom. The zero-order valence-corrected chi connectivity index (χ0v) is 10.6. The minimum absolute atomic E-state index is 0.0831. The number of rotatable bonds is 2. The van der Waals surface area contributed by atoms with Crippen molar-refractivity contribution in [3.63, 3.8) is 0 Å². The van der Waals surface area contributed by atoms with Gasteiger partial charge in [-0.3, -0.25) is 10.1 Å². The molecule has 0 spiro atoms. The van der Waals surface area contributed by atoms with Crippen LogP contribution in [0.5, 0.6) is 0 Å². The summed E-state index contributed by atoms with van der Waals surface area (Å²) in [7, 11) is 0. The van der Waals surface area contributed by atoms with Crippen LogP contribution >= 0.6 is 0 Å². The molecule has 2 aromatic rings. The van der Waals surface area contributed by atoms with E-state index < -0.39 is 5.66 Å². The first-order valence-corrected chi connectivity index (χ1v) is 6.44. The molecule has 3 rings (SSSR count). The standard InChI is InChI=1S/C16H16N2O/c17-16(15(19)13-7-2-1-3-8-13)14-9-5-4-6-12(14)10-11-18-16/h1-9,18H,10-11,17H2. The van der Waals surface area contributed by atoms with Gasteiger partial charge in [-0.2, -0.15) is 0 Å². The topological polar surface area (TPSA) is 55.1 Å². The number of Topliss-reactive ketones (excluding diaryl/α,β-unsaturated/α-hetero) is 1. The summed E-state index contributed by atoms with van der Waals surface area (Å²) in [6.45, 7) is 0.714. The first kappa shape index (κ1) is 12.1. The molecule has 0 saturated carbocycles. The average molecular weight is 252 g/mol. The SMILES string of the molecule is NC1(C(=O)c2ccccc2)NCCc2ccccc21. The van der Waals surface area contributed by atoms with Gasteiger partial charge in [-0.15, -0.1) is 0 Å². The first-order chi connectivity index (χ1) is 9.22. The van der Waals surface area contributed by atoms with Gasteiger partial charge in [0.2, 0.25) is 5.78 Å². The average Bonchev–Trinajstić information content (AvgIpc) is 2.48. The van der Waals surface area contributed by atoms with Crippen LogP contribution in [0.3, 0.4) is 0 Å². The second-order valence-corrected chi connectivity index (χ2v) is 4.84. The van der Waals surface area contributed by atoms with Gasteiger partial charge in [0.25, 0.3) is 0 Å². The van der Waals surface area contributed by atoms with Gasteiger partial charge in [-0.1, -0.05) is 54.6 Å². The monoisotopic (exact) mass is 252 g/mol. The molecular formula is C16H16N2O. The molecule has 0 aliphatic carbocycles. The van der Waals surface area contributed by atoms with Crippen molar-refractivity contribution in [2.24, 2.45) is 5.73 Å². The molecule has 1 heterocycles. The predicted molar refractivity (Wildman–Crippen MR) is 74.8 cm³/mol. The Morgan fingerprint density at radius 3 is 2.53 bits per heavy atom. The molecule has 3 N–H and O–H groups in total. The van der Waals surface area contributed by atoms with E-state index in [1.54, 1.807) is 12.1 Å². The fourth-order valence-electron chi connectivity index (χ4n) is 2.63. The molecule has 1 aliphatic heterocycles. The summed E-state index contributed by atoms with van der Waals surface area (Å²) in [6, 6.07) is 17.1. The van der Waals surface area contributed by atoms with Crippen LogP contribution in [0, 0.1) is 0 Å². The van der Waals surface area contributed by atoms with Crippen molar-refractivity contribution in [3.8, 4) is 0 Å².